The SMILES string of the molecule is COC(=O)Nc1ccc(S(=O)(=O)/N=C2\C=C(C(=O)O)NC3C=C(Cl)C=C(Cl)C23)cc1. The lowest BCUT2D eigenvalue weighted by molar-refractivity contribution is -0.133. The number of fused-ring (bicyclic) bond motifs is 1. The fourth-order valence-corrected chi connectivity index (χ4v) is 4.60. The Bertz CT molecular complexity index is 1120. The fraction of sp³-hybridized carbons (Fsp3) is 0.167. The molecule has 3 rings (SSSR count). The molecule has 1 aliphatic carbocycles. The molecule has 3 N–H and O–H groups in total. The maximum Gasteiger partial charge on any atom is 0.411 e. The first-order valence-corrected chi connectivity index (χ1v) is 10.6. The number of rotatable bonds is 4. The minimum absolute atomic E-state index is 0.0467. The van der Waals surface area contributed by atoms with Crippen molar-refractivity contribution in [2.45, 2.75) is 10.9 Å². The molecule has 1 heterocycles. The molecule has 1 amide bonds. The molecule has 2 unspecified atom stereocenters. The first-order chi connectivity index (χ1) is 14.1. The first-order valence-electron chi connectivity index (χ1n) is 8.36. The highest BCUT2D eigenvalue weighted by atomic mass is 35.5. The average Bonchev–Trinajstić information content (AvgIpc) is 2.67. The summed E-state index contributed by atoms with van der Waals surface area (Å²) in [6.07, 6.45) is 3.39. The predicted molar refractivity (Wildman–Crippen MR) is 111 cm³/mol. The molecule has 1 aliphatic heterocycles. The van der Waals surface area contributed by atoms with E-state index in [2.05, 4.69) is 19.8 Å². The van der Waals surface area contributed by atoms with E-state index < -0.39 is 34.0 Å². The number of nitrogens with zero attached hydrogens (tertiary/aromatic N) is 1. The van der Waals surface area contributed by atoms with Gasteiger partial charge in [0.15, 0.2) is 0 Å². The fourth-order valence-electron chi connectivity index (χ4n) is 2.90. The third kappa shape index (κ3) is 4.66. The summed E-state index contributed by atoms with van der Waals surface area (Å²) < 4.78 is 33.9. The number of amides is 1. The Labute approximate surface area is 181 Å². The molecular formula is C18H15Cl2N3O6S. The Hall–Kier alpha value is -2.82. The molecule has 0 aromatic heterocycles. The van der Waals surface area contributed by atoms with Gasteiger partial charge in [-0.1, -0.05) is 23.2 Å². The van der Waals surface area contributed by atoms with Crippen molar-refractivity contribution in [2.24, 2.45) is 10.3 Å². The third-order valence-corrected chi connectivity index (χ3v) is 6.14. The lowest BCUT2D eigenvalue weighted by Gasteiger charge is -2.33. The summed E-state index contributed by atoms with van der Waals surface area (Å²) in [5, 5.41) is 15.0. The van der Waals surface area contributed by atoms with Crippen molar-refractivity contribution in [3.63, 3.8) is 0 Å². The molecule has 2 atom stereocenters. The Balaban J connectivity index is 1.99. The van der Waals surface area contributed by atoms with Crippen molar-refractivity contribution in [2.75, 3.05) is 12.4 Å². The largest absolute Gasteiger partial charge is 0.477 e. The highest BCUT2D eigenvalue weighted by Gasteiger charge is 2.36. The quantitative estimate of drug-likeness (QED) is 0.614. The van der Waals surface area contributed by atoms with E-state index in [1.165, 1.54) is 43.5 Å². The van der Waals surface area contributed by atoms with E-state index in [4.69, 9.17) is 23.2 Å². The number of anilines is 1. The maximum atomic E-state index is 12.8. The second kappa shape index (κ2) is 8.50. The van der Waals surface area contributed by atoms with Gasteiger partial charge in [0.2, 0.25) is 0 Å². The zero-order chi connectivity index (χ0) is 22.1. The molecule has 12 heteroatoms. The summed E-state index contributed by atoms with van der Waals surface area (Å²) in [5.74, 6) is -2.01. The number of carbonyl (C=O) groups is 2. The number of ether oxygens (including phenoxy) is 1. The van der Waals surface area contributed by atoms with Gasteiger partial charge in [0.25, 0.3) is 10.0 Å². The maximum absolute atomic E-state index is 12.8. The minimum Gasteiger partial charge on any atom is -0.477 e. The van der Waals surface area contributed by atoms with Crippen molar-refractivity contribution in [1.29, 1.82) is 0 Å². The molecule has 0 saturated heterocycles. The molecule has 1 aromatic carbocycles. The van der Waals surface area contributed by atoms with Crippen LogP contribution in [0.2, 0.25) is 0 Å². The zero-order valence-electron chi connectivity index (χ0n) is 15.3. The number of aliphatic carboxylic acids is 1. The van der Waals surface area contributed by atoms with Gasteiger partial charge in [-0.2, -0.15) is 12.8 Å². The average molecular weight is 472 g/mol. The van der Waals surface area contributed by atoms with E-state index >= 15 is 0 Å². The lowest BCUT2D eigenvalue weighted by Crippen LogP contribution is -2.45. The van der Waals surface area contributed by atoms with E-state index in [-0.39, 0.29) is 26.4 Å². The number of sulfonamides is 1. The smallest absolute Gasteiger partial charge is 0.411 e. The summed E-state index contributed by atoms with van der Waals surface area (Å²) in [5.41, 5.74) is 0.0333. The molecule has 0 saturated carbocycles. The summed E-state index contributed by atoms with van der Waals surface area (Å²) >= 11 is 12.2. The first kappa shape index (κ1) is 21.9. The van der Waals surface area contributed by atoms with Crippen molar-refractivity contribution in [3.8, 4) is 0 Å². The van der Waals surface area contributed by atoms with Gasteiger partial charge in [-0.3, -0.25) is 5.32 Å². The molecule has 0 spiro atoms. The number of allylic oxidation sites excluding steroid dienone is 3. The number of hydrogen-bond donors (Lipinski definition) is 3. The third-order valence-electron chi connectivity index (χ3n) is 4.24. The molecule has 0 fully saturated rings. The van der Waals surface area contributed by atoms with Crippen LogP contribution in [0.4, 0.5) is 10.5 Å². The normalized spacial score (nSPS) is 22.1. The summed E-state index contributed by atoms with van der Waals surface area (Å²) in [7, 11) is -3.01. The number of benzene rings is 1. The van der Waals surface area contributed by atoms with Crippen LogP contribution in [0.1, 0.15) is 0 Å². The van der Waals surface area contributed by atoms with E-state index in [9.17, 15) is 23.1 Å². The van der Waals surface area contributed by atoms with Gasteiger partial charge >= 0.3 is 12.1 Å². The summed E-state index contributed by atoms with van der Waals surface area (Å²) in [4.78, 5) is 22.5. The second-order valence-electron chi connectivity index (χ2n) is 6.22. The van der Waals surface area contributed by atoms with E-state index in [0.717, 1.165) is 6.08 Å². The second-order valence-corrected chi connectivity index (χ2v) is 8.70. The number of carbonyl (C=O) groups excluding carboxylic acids is 1. The van der Waals surface area contributed by atoms with Crippen LogP contribution < -0.4 is 10.6 Å². The number of hydrogen-bond acceptors (Lipinski definition) is 6. The van der Waals surface area contributed by atoms with Gasteiger partial charge < -0.3 is 15.2 Å². The molecule has 30 heavy (non-hydrogen) atoms. The molecule has 9 nitrogen and oxygen atoms in total. The molecule has 2 aliphatic rings. The van der Waals surface area contributed by atoms with Gasteiger partial charge in [-0.25, -0.2) is 9.59 Å². The van der Waals surface area contributed by atoms with Crippen LogP contribution in [0.5, 0.6) is 0 Å². The summed E-state index contributed by atoms with van der Waals surface area (Å²) in [6.45, 7) is 0. The number of halogens is 2. The Kier molecular flexibility index (Phi) is 6.20. The highest BCUT2D eigenvalue weighted by Crippen LogP contribution is 2.34. The minimum atomic E-state index is -4.21. The Morgan fingerprint density at radius 2 is 1.87 bits per heavy atom. The Morgan fingerprint density at radius 3 is 2.47 bits per heavy atom. The Morgan fingerprint density at radius 1 is 1.20 bits per heavy atom. The van der Waals surface area contributed by atoms with Crippen LogP contribution in [0, 0.1) is 5.92 Å². The number of carboxylic acids is 1. The van der Waals surface area contributed by atoms with E-state index in [1.807, 2.05) is 0 Å². The van der Waals surface area contributed by atoms with Crippen LogP contribution in [0.25, 0.3) is 0 Å². The topological polar surface area (TPSA) is 134 Å². The van der Waals surface area contributed by atoms with Gasteiger partial charge in [0, 0.05) is 15.8 Å². The standard InChI is InChI=1S/C18H15Cl2N3O6S/c1-29-18(26)21-10-2-4-11(5-3-10)30(27,28)23-14-8-15(17(24)25)22-13-7-9(19)6-12(20)16(13)14/h2-8,13,16,22H,1H3,(H,21,26)(H,24,25)/b23-14+. The predicted octanol–water partition coefficient (Wildman–Crippen LogP) is 2.81. The number of methoxy groups -OCH3 is 1. The summed E-state index contributed by atoms with van der Waals surface area (Å²) in [6, 6.07) is 4.56. The molecule has 158 valence electrons. The van der Waals surface area contributed by atoms with Crippen molar-refractivity contribution in [3.05, 3.63) is 58.3 Å². The van der Waals surface area contributed by atoms with Gasteiger partial charge in [0.05, 0.1) is 29.7 Å². The van der Waals surface area contributed by atoms with Crippen molar-refractivity contribution < 1.29 is 27.9 Å². The van der Waals surface area contributed by atoms with Crippen LogP contribution in [-0.2, 0) is 19.6 Å². The van der Waals surface area contributed by atoms with Crippen molar-refractivity contribution in [1.82, 2.24) is 5.32 Å². The van der Waals surface area contributed by atoms with Gasteiger partial charge in [0.1, 0.15) is 5.70 Å². The molecule has 1 aromatic rings. The number of nitrogens with one attached hydrogen (secondary N) is 2. The molecular weight excluding hydrogens is 457 g/mol. The van der Waals surface area contributed by atoms with Crippen LogP contribution >= 0.6 is 23.2 Å². The van der Waals surface area contributed by atoms with Crippen LogP contribution in [0.15, 0.2) is 67.5 Å². The van der Waals surface area contributed by atoms with E-state index in [1.54, 1.807) is 0 Å². The van der Waals surface area contributed by atoms with Crippen LogP contribution in [0.3, 0.4) is 0 Å². The number of carboxylic acid groups (broad SMARTS) is 1. The monoisotopic (exact) mass is 471 g/mol. The van der Waals surface area contributed by atoms with Crippen LogP contribution in [-0.4, -0.2) is 44.5 Å². The van der Waals surface area contributed by atoms with Gasteiger partial charge in [-0.15, -0.1) is 0 Å². The van der Waals surface area contributed by atoms with Gasteiger partial charge in [-0.05, 0) is 42.5 Å². The van der Waals surface area contributed by atoms with E-state index in [0.29, 0.717) is 5.69 Å². The zero-order valence-corrected chi connectivity index (χ0v) is 17.6. The lowest BCUT2D eigenvalue weighted by atomic mass is 9.86. The molecule has 0 radical (unpaired) electrons. The molecule has 0 bridgehead atoms. The highest BCUT2D eigenvalue weighted by molar-refractivity contribution is 7.90. The van der Waals surface area contributed by atoms with Crippen molar-refractivity contribution >= 4 is 56.7 Å².